The van der Waals surface area contributed by atoms with Crippen molar-refractivity contribution in [3.05, 3.63) is 64.7 Å². The lowest BCUT2D eigenvalue weighted by atomic mass is 9.93. The maximum atomic E-state index is 13.1. The molecule has 0 spiro atoms. The van der Waals surface area contributed by atoms with E-state index in [9.17, 15) is 19.5 Å². The summed E-state index contributed by atoms with van der Waals surface area (Å²) in [6.45, 7) is 4.15. The second-order valence-corrected chi connectivity index (χ2v) is 7.51. The van der Waals surface area contributed by atoms with Gasteiger partial charge in [0.1, 0.15) is 0 Å². The average molecular weight is 393 g/mol. The largest absolute Gasteiger partial charge is 0.478 e. The van der Waals surface area contributed by atoms with Crippen molar-refractivity contribution in [2.45, 2.75) is 19.3 Å². The van der Waals surface area contributed by atoms with Gasteiger partial charge in [-0.05, 0) is 42.7 Å². The van der Waals surface area contributed by atoms with Gasteiger partial charge in [-0.25, -0.2) is 9.59 Å². The van der Waals surface area contributed by atoms with Gasteiger partial charge in [0.2, 0.25) is 0 Å². The van der Waals surface area contributed by atoms with E-state index in [0.29, 0.717) is 37.3 Å². The topological polar surface area (TPSA) is 89.9 Å². The van der Waals surface area contributed by atoms with Crippen LogP contribution in [-0.4, -0.2) is 54.1 Å². The molecule has 0 aromatic heterocycles. The van der Waals surface area contributed by atoms with Crippen LogP contribution in [0, 0.1) is 6.92 Å². The predicted molar refractivity (Wildman–Crippen MR) is 109 cm³/mol. The molecule has 2 N–H and O–H groups in total. The van der Waals surface area contributed by atoms with E-state index in [2.05, 4.69) is 5.32 Å². The number of nitrogens with one attached hydrogen (secondary N) is 1. The molecular weight excluding hydrogens is 370 g/mol. The Balaban J connectivity index is 1.54. The predicted octanol–water partition coefficient (Wildman–Crippen LogP) is 2.85. The molecule has 2 aliphatic rings. The highest BCUT2D eigenvalue weighted by molar-refractivity contribution is 5.99. The molecule has 1 atom stereocenters. The fourth-order valence-electron chi connectivity index (χ4n) is 4.16. The number of hydrogen-bond acceptors (Lipinski definition) is 3. The van der Waals surface area contributed by atoms with Crippen LogP contribution < -0.4 is 10.2 Å². The Labute approximate surface area is 168 Å². The number of carboxylic acids is 1. The standard InChI is InChI=1S/C22H23N3O4/c1-14-6-7-15(12-19(14)25-11-9-23-22(25)29)20(26)24-10-8-16(13-24)17-4-2-3-5-18(17)21(27)28/h2-7,12,16H,8-11,13H2,1H3,(H,23,29)(H,27,28). The highest BCUT2D eigenvalue weighted by Gasteiger charge is 2.31. The van der Waals surface area contributed by atoms with Crippen molar-refractivity contribution < 1.29 is 19.5 Å². The maximum absolute atomic E-state index is 13.1. The Morgan fingerprint density at radius 2 is 1.93 bits per heavy atom. The van der Waals surface area contributed by atoms with Gasteiger partial charge < -0.3 is 15.3 Å². The van der Waals surface area contributed by atoms with E-state index in [0.717, 1.165) is 23.2 Å². The van der Waals surface area contributed by atoms with Crippen molar-refractivity contribution in [1.29, 1.82) is 0 Å². The molecular formula is C22H23N3O4. The number of nitrogens with zero attached hydrogens (tertiary/aromatic N) is 2. The van der Waals surface area contributed by atoms with Gasteiger partial charge in [0.05, 0.1) is 5.56 Å². The molecule has 4 rings (SSSR count). The second kappa shape index (κ2) is 7.58. The third kappa shape index (κ3) is 3.55. The summed E-state index contributed by atoms with van der Waals surface area (Å²) in [6.07, 6.45) is 0.725. The molecule has 0 aliphatic carbocycles. The minimum absolute atomic E-state index is 0.000489. The fraction of sp³-hybridized carbons (Fsp3) is 0.318. The third-order valence-corrected chi connectivity index (χ3v) is 5.71. The van der Waals surface area contributed by atoms with Crippen LogP contribution in [0.1, 0.15) is 44.2 Å². The molecule has 7 nitrogen and oxygen atoms in total. The summed E-state index contributed by atoms with van der Waals surface area (Å²) in [5.41, 5.74) is 3.29. The molecule has 2 fully saturated rings. The first-order chi connectivity index (χ1) is 14.0. The van der Waals surface area contributed by atoms with Crippen molar-refractivity contribution in [1.82, 2.24) is 10.2 Å². The number of hydrogen-bond donors (Lipinski definition) is 2. The number of aromatic carboxylic acids is 1. The van der Waals surface area contributed by atoms with Crippen LogP contribution >= 0.6 is 0 Å². The quantitative estimate of drug-likeness (QED) is 0.836. The van der Waals surface area contributed by atoms with E-state index in [1.54, 1.807) is 34.1 Å². The Hall–Kier alpha value is -3.35. The first-order valence-electron chi connectivity index (χ1n) is 9.73. The van der Waals surface area contributed by atoms with Gasteiger partial charge in [-0.3, -0.25) is 9.69 Å². The first kappa shape index (κ1) is 19.0. The Bertz CT molecular complexity index is 988. The molecule has 150 valence electrons. The van der Waals surface area contributed by atoms with E-state index >= 15 is 0 Å². The summed E-state index contributed by atoms with van der Waals surface area (Å²) in [5.74, 6) is -1.04. The maximum Gasteiger partial charge on any atom is 0.335 e. The SMILES string of the molecule is Cc1ccc(C(=O)N2CCC(c3ccccc3C(=O)O)C2)cc1N1CCNC1=O. The minimum atomic E-state index is -0.947. The van der Waals surface area contributed by atoms with Crippen LogP contribution in [0.2, 0.25) is 0 Å². The highest BCUT2D eigenvalue weighted by atomic mass is 16.4. The fourth-order valence-corrected chi connectivity index (χ4v) is 4.16. The van der Waals surface area contributed by atoms with Crippen molar-refractivity contribution in [3.63, 3.8) is 0 Å². The molecule has 2 aliphatic heterocycles. The molecule has 2 aromatic rings. The van der Waals surface area contributed by atoms with Crippen molar-refractivity contribution in [2.24, 2.45) is 0 Å². The average Bonchev–Trinajstić information content (AvgIpc) is 3.37. The van der Waals surface area contributed by atoms with E-state index in [1.165, 1.54) is 0 Å². The minimum Gasteiger partial charge on any atom is -0.478 e. The van der Waals surface area contributed by atoms with Gasteiger partial charge in [-0.2, -0.15) is 0 Å². The molecule has 7 heteroatoms. The summed E-state index contributed by atoms with van der Waals surface area (Å²) < 4.78 is 0. The summed E-state index contributed by atoms with van der Waals surface area (Å²) in [4.78, 5) is 40.1. The van der Waals surface area contributed by atoms with Crippen LogP contribution in [0.4, 0.5) is 10.5 Å². The Morgan fingerprint density at radius 3 is 2.66 bits per heavy atom. The lowest BCUT2D eigenvalue weighted by Gasteiger charge is -2.21. The lowest BCUT2D eigenvalue weighted by molar-refractivity contribution is 0.0695. The number of amides is 3. The molecule has 2 saturated heterocycles. The monoisotopic (exact) mass is 393 g/mol. The molecule has 29 heavy (non-hydrogen) atoms. The van der Waals surface area contributed by atoms with Crippen LogP contribution in [0.25, 0.3) is 0 Å². The number of anilines is 1. The van der Waals surface area contributed by atoms with Crippen LogP contribution in [0.3, 0.4) is 0 Å². The number of carbonyl (C=O) groups is 3. The van der Waals surface area contributed by atoms with Crippen molar-refractivity contribution in [2.75, 3.05) is 31.1 Å². The Morgan fingerprint density at radius 1 is 1.14 bits per heavy atom. The van der Waals surface area contributed by atoms with Crippen molar-refractivity contribution in [3.8, 4) is 0 Å². The number of rotatable bonds is 4. The number of urea groups is 1. The summed E-state index contributed by atoms with van der Waals surface area (Å²) in [7, 11) is 0. The van der Waals surface area contributed by atoms with Crippen molar-refractivity contribution >= 4 is 23.6 Å². The van der Waals surface area contributed by atoms with Crippen LogP contribution in [0.15, 0.2) is 42.5 Å². The van der Waals surface area contributed by atoms with Gasteiger partial charge >= 0.3 is 12.0 Å². The second-order valence-electron chi connectivity index (χ2n) is 7.51. The number of carbonyl (C=O) groups excluding carboxylic acids is 2. The van der Waals surface area contributed by atoms with Gasteiger partial charge in [-0.1, -0.05) is 24.3 Å². The smallest absolute Gasteiger partial charge is 0.335 e. The number of carboxylic acid groups (broad SMARTS) is 1. The van der Waals surface area contributed by atoms with Crippen LogP contribution in [0.5, 0.6) is 0 Å². The van der Waals surface area contributed by atoms with Gasteiger partial charge in [0.25, 0.3) is 5.91 Å². The number of benzene rings is 2. The zero-order chi connectivity index (χ0) is 20.5. The van der Waals surface area contributed by atoms with E-state index in [1.807, 2.05) is 25.1 Å². The molecule has 0 radical (unpaired) electrons. The van der Waals surface area contributed by atoms with E-state index in [4.69, 9.17) is 0 Å². The number of aryl methyl sites for hydroxylation is 1. The normalized spacial score (nSPS) is 18.8. The van der Waals surface area contributed by atoms with Crippen LogP contribution in [-0.2, 0) is 0 Å². The van der Waals surface area contributed by atoms with Gasteiger partial charge in [-0.15, -0.1) is 0 Å². The number of likely N-dealkylation sites (tertiary alicyclic amines) is 1. The third-order valence-electron chi connectivity index (χ3n) is 5.71. The Kier molecular flexibility index (Phi) is 4.96. The zero-order valence-electron chi connectivity index (χ0n) is 16.2. The zero-order valence-corrected chi connectivity index (χ0v) is 16.2. The molecule has 0 saturated carbocycles. The lowest BCUT2D eigenvalue weighted by Crippen LogP contribution is -2.30. The summed E-state index contributed by atoms with van der Waals surface area (Å²) in [6, 6.07) is 12.3. The molecule has 3 amide bonds. The van der Waals surface area contributed by atoms with Gasteiger partial charge in [0.15, 0.2) is 0 Å². The summed E-state index contributed by atoms with van der Waals surface area (Å²) in [5, 5.41) is 12.2. The molecule has 0 bridgehead atoms. The van der Waals surface area contributed by atoms with Gasteiger partial charge in [0, 0.05) is 43.3 Å². The van der Waals surface area contributed by atoms with E-state index < -0.39 is 5.97 Å². The molecule has 2 aromatic carbocycles. The van der Waals surface area contributed by atoms with E-state index in [-0.39, 0.29) is 17.9 Å². The highest BCUT2D eigenvalue weighted by Crippen LogP contribution is 2.31. The first-order valence-corrected chi connectivity index (χ1v) is 9.73. The molecule has 1 unspecified atom stereocenters. The summed E-state index contributed by atoms with van der Waals surface area (Å²) >= 11 is 0. The molecule has 2 heterocycles.